The Morgan fingerprint density at radius 2 is 1.83 bits per heavy atom. The molecule has 3 nitrogen and oxygen atoms in total. The van der Waals surface area contributed by atoms with E-state index < -0.39 is 5.97 Å². The van der Waals surface area contributed by atoms with Gasteiger partial charge in [0.25, 0.3) is 0 Å². The predicted octanol–water partition coefficient (Wildman–Crippen LogP) is 3.39. The maximum absolute atomic E-state index is 10.4. The second kappa shape index (κ2) is 5.71. The summed E-state index contributed by atoms with van der Waals surface area (Å²) in [7, 11) is 0. The second-order valence-corrected chi connectivity index (χ2v) is 5.39. The minimum Gasteiger partial charge on any atom is -0.489 e. The zero-order chi connectivity index (χ0) is 13.8. The molecular formula is C15H20O3. The molecule has 0 aliphatic rings. The molecule has 0 aromatic heterocycles. The van der Waals surface area contributed by atoms with Crippen LogP contribution in [0.3, 0.4) is 0 Å². The summed E-state index contributed by atoms with van der Waals surface area (Å²) in [4.78, 5) is 10.4. The fourth-order valence-electron chi connectivity index (χ4n) is 1.50. The van der Waals surface area contributed by atoms with E-state index in [2.05, 4.69) is 20.8 Å². The van der Waals surface area contributed by atoms with E-state index in [0.717, 1.165) is 11.8 Å². The van der Waals surface area contributed by atoms with Crippen molar-refractivity contribution in [2.45, 2.75) is 33.1 Å². The molecule has 1 rings (SSSR count). The zero-order valence-electron chi connectivity index (χ0n) is 11.4. The molecule has 0 saturated heterocycles. The van der Waals surface area contributed by atoms with Crippen LogP contribution in [0.15, 0.2) is 35.9 Å². The van der Waals surface area contributed by atoms with E-state index in [-0.39, 0.29) is 5.41 Å². The smallest absolute Gasteiger partial charge is 0.328 e. The highest BCUT2D eigenvalue weighted by Crippen LogP contribution is 2.24. The largest absolute Gasteiger partial charge is 0.489 e. The Morgan fingerprint density at radius 1 is 1.28 bits per heavy atom. The molecule has 0 atom stereocenters. The minimum absolute atomic E-state index is 0.123. The SMILES string of the molecule is CC(=CC(=O)O)COc1ccc(C(C)(C)C)cc1. The van der Waals surface area contributed by atoms with Crippen LogP contribution in [0.1, 0.15) is 33.3 Å². The highest BCUT2D eigenvalue weighted by molar-refractivity contribution is 5.80. The Morgan fingerprint density at radius 3 is 2.28 bits per heavy atom. The standard InChI is InChI=1S/C15H20O3/c1-11(9-14(16)17)10-18-13-7-5-12(6-8-13)15(2,3)4/h5-9H,10H2,1-4H3,(H,16,17). The first kappa shape index (κ1) is 14.3. The zero-order valence-corrected chi connectivity index (χ0v) is 11.4. The molecule has 1 aromatic rings. The Labute approximate surface area is 108 Å². The van der Waals surface area contributed by atoms with Crippen LogP contribution in [0, 0.1) is 0 Å². The molecule has 0 aliphatic heterocycles. The van der Waals surface area contributed by atoms with Crippen molar-refractivity contribution < 1.29 is 14.6 Å². The van der Waals surface area contributed by atoms with Gasteiger partial charge in [0.05, 0.1) is 0 Å². The van der Waals surface area contributed by atoms with Gasteiger partial charge in [0.2, 0.25) is 0 Å². The fourth-order valence-corrected chi connectivity index (χ4v) is 1.50. The van der Waals surface area contributed by atoms with Crippen molar-refractivity contribution in [3.05, 3.63) is 41.5 Å². The quantitative estimate of drug-likeness (QED) is 0.831. The maximum atomic E-state index is 10.4. The summed E-state index contributed by atoms with van der Waals surface area (Å²) < 4.78 is 5.50. The monoisotopic (exact) mass is 248 g/mol. The van der Waals surface area contributed by atoms with Crippen molar-refractivity contribution in [3.8, 4) is 5.75 Å². The summed E-state index contributed by atoms with van der Waals surface area (Å²) in [5, 5.41) is 8.58. The van der Waals surface area contributed by atoms with Gasteiger partial charge in [-0.15, -0.1) is 0 Å². The molecule has 1 aromatic carbocycles. The van der Waals surface area contributed by atoms with Crippen LogP contribution in [-0.2, 0) is 10.2 Å². The number of carbonyl (C=O) groups is 1. The molecule has 98 valence electrons. The van der Waals surface area contributed by atoms with Gasteiger partial charge >= 0.3 is 5.97 Å². The van der Waals surface area contributed by atoms with Gasteiger partial charge in [0, 0.05) is 6.08 Å². The van der Waals surface area contributed by atoms with Gasteiger partial charge in [-0.05, 0) is 35.6 Å². The van der Waals surface area contributed by atoms with Gasteiger partial charge in [0.1, 0.15) is 12.4 Å². The van der Waals surface area contributed by atoms with Crippen molar-refractivity contribution in [2.24, 2.45) is 0 Å². The molecule has 1 N–H and O–H groups in total. The van der Waals surface area contributed by atoms with E-state index >= 15 is 0 Å². The molecule has 0 fully saturated rings. The third kappa shape index (κ3) is 4.62. The Kier molecular flexibility index (Phi) is 4.54. The highest BCUT2D eigenvalue weighted by atomic mass is 16.5. The molecule has 0 radical (unpaired) electrons. The van der Waals surface area contributed by atoms with Gasteiger partial charge in [0.15, 0.2) is 0 Å². The average molecular weight is 248 g/mol. The first-order valence-corrected chi connectivity index (χ1v) is 5.92. The molecule has 0 saturated carbocycles. The van der Waals surface area contributed by atoms with Crippen LogP contribution in [0.2, 0.25) is 0 Å². The second-order valence-electron chi connectivity index (χ2n) is 5.39. The maximum Gasteiger partial charge on any atom is 0.328 e. The predicted molar refractivity (Wildman–Crippen MR) is 72.0 cm³/mol. The summed E-state index contributed by atoms with van der Waals surface area (Å²) in [5.74, 6) is -0.194. The highest BCUT2D eigenvalue weighted by Gasteiger charge is 2.12. The van der Waals surface area contributed by atoms with Crippen molar-refractivity contribution >= 4 is 5.97 Å². The third-order valence-electron chi connectivity index (χ3n) is 2.56. The van der Waals surface area contributed by atoms with Gasteiger partial charge in [-0.2, -0.15) is 0 Å². The molecule has 0 amide bonds. The van der Waals surface area contributed by atoms with Crippen LogP contribution in [-0.4, -0.2) is 17.7 Å². The first-order valence-electron chi connectivity index (χ1n) is 5.92. The number of ether oxygens (including phenoxy) is 1. The number of rotatable bonds is 4. The van der Waals surface area contributed by atoms with Crippen LogP contribution in [0.5, 0.6) is 5.75 Å². The summed E-state index contributed by atoms with van der Waals surface area (Å²) in [6, 6.07) is 7.89. The van der Waals surface area contributed by atoms with E-state index in [4.69, 9.17) is 9.84 Å². The van der Waals surface area contributed by atoms with Crippen molar-refractivity contribution in [1.29, 1.82) is 0 Å². The van der Waals surface area contributed by atoms with E-state index in [1.54, 1.807) is 6.92 Å². The number of carboxylic acids is 1. The molecule has 0 unspecified atom stereocenters. The summed E-state index contributed by atoms with van der Waals surface area (Å²) in [5.41, 5.74) is 2.05. The third-order valence-corrected chi connectivity index (χ3v) is 2.56. The number of hydrogen-bond donors (Lipinski definition) is 1. The molecule has 0 aliphatic carbocycles. The topological polar surface area (TPSA) is 46.5 Å². The van der Waals surface area contributed by atoms with Crippen molar-refractivity contribution in [1.82, 2.24) is 0 Å². The molecular weight excluding hydrogens is 228 g/mol. The lowest BCUT2D eigenvalue weighted by Crippen LogP contribution is -2.10. The summed E-state index contributed by atoms with van der Waals surface area (Å²) in [6.07, 6.45) is 1.16. The van der Waals surface area contributed by atoms with Crippen molar-refractivity contribution in [2.75, 3.05) is 6.61 Å². The van der Waals surface area contributed by atoms with Gasteiger partial charge < -0.3 is 9.84 Å². The molecule has 3 heteroatoms. The van der Waals surface area contributed by atoms with Gasteiger partial charge in [-0.1, -0.05) is 32.9 Å². The fraction of sp³-hybridized carbons (Fsp3) is 0.400. The van der Waals surface area contributed by atoms with Crippen LogP contribution in [0.4, 0.5) is 0 Å². The van der Waals surface area contributed by atoms with E-state index in [9.17, 15) is 4.79 Å². The normalized spacial score (nSPS) is 12.3. The lowest BCUT2D eigenvalue weighted by molar-refractivity contribution is -0.131. The summed E-state index contributed by atoms with van der Waals surface area (Å²) >= 11 is 0. The first-order chi connectivity index (χ1) is 8.29. The molecule has 0 heterocycles. The number of aliphatic carboxylic acids is 1. The number of benzene rings is 1. The number of hydrogen-bond acceptors (Lipinski definition) is 2. The van der Waals surface area contributed by atoms with Crippen LogP contribution < -0.4 is 4.74 Å². The molecule has 0 bridgehead atoms. The van der Waals surface area contributed by atoms with Crippen LogP contribution >= 0.6 is 0 Å². The Hall–Kier alpha value is -1.77. The van der Waals surface area contributed by atoms with Gasteiger partial charge in [-0.25, -0.2) is 4.79 Å². The van der Waals surface area contributed by atoms with E-state index in [1.807, 2.05) is 24.3 Å². The minimum atomic E-state index is -0.945. The summed E-state index contributed by atoms with van der Waals surface area (Å²) in [6.45, 7) is 8.49. The average Bonchev–Trinajstić information content (AvgIpc) is 2.25. The van der Waals surface area contributed by atoms with Crippen LogP contribution in [0.25, 0.3) is 0 Å². The lowest BCUT2D eigenvalue weighted by Gasteiger charge is -2.19. The molecule has 0 spiro atoms. The lowest BCUT2D eigenvalue weighted by atomic mass is 9.87. The Bertz CT molecular complexity index is 436. The van der Waals surface area contributed by atoms with Crippen molar-refractivity contribution in [3.63, 3.8) is 0 Å². The Balaban J connectivity index is 2.63. The molecule has 18 heavy (non-hydrogen) atoms. The number of carboxylic acid groups (broad SMARTS) is 1. The van der Waals surface area contributed by atoms with E-state index in [1.165, 1.54) is 5.56 Å². The van der Waals surface area contributed by atoms with E-state index in [0.29, 0.717) is 12.2 Å². The van der Waals surface area contributed by atoms with Gasteiger partial charge in [-0.3, -0.25) is 0 Å².